The number of carbonyl (C=O) groups is 4. The molecule has 2 aliphatic heterocycles. The van der Waals surface area contributed by atoms with Gasteiger partial charge in [0.2, 0.25) is 17.7 Å². The van der Waals surface area contributed by atoms with Crippen LogP contribution in [0.4, 0.5) is 0 Å². The SMILES string of the molecule is CN1CCCN(C(=O)[C@@H]2CC(=O)N[C@H](Cc3ccccc3)C(=O)N(C)CCOc3ccccc3C(=O)N2)CC1. The summed E-state index contributed by atoms with van der Waals surface area (Å²) < 4.78 is 5.89. The molecule has 39 heavy (non-hydrogen) atoms. The van der Waals surface area contributed by atoms with Gasteiger partial charge < -0.3 is 30.1 Å². The Bertz CT molecular complexity index is 1170. The van der Waals surface area contributed by atoms with Gasteiger partial charge >= 0.3 is 0 Å². The Hall–Kier alpha value is -3.92. The van der Waals surface area contributed by atoms with Crippen molar-refractivity contribution in [2.24, 2.45) is 0 Å². The lowest BCUT2D eigenvalue weighted by Crippen LogP contribution is -2.54. The number of rotatable bonds is 3. The number of nitrogens with zero attached hydrogens (tertiary/aromatic N) is 3. The van der Waals surface area contributed by atoms with Crippen molar-refractivity contribution in [2.75, 3.05) is 53.4 Å². The minimum absolute atomic E-state index is 0.155. The molecule has 1 fully saturated rings. The van der Waals surface area contributed by atoms with E-state index in [1.165, 1.54) is 4.90 Å². The summed E-state index contributed by atoms with van der Waals surface area (Å²) in [4.78, 5) is 59.1. The van der Waals surface area contributed by atoms with E-state index in [1.807, 2.05) is 37.4 Å². The van der Waals surface area contributed by atoms with Crippen LogP contribution in [0.15, 0.2) is 54.6 Å². The second-order valence-corrected chi connectivity index (χ2v) is 10.1. The quantitative estimate of drug-likeness (QED) is 0.605. The highest BCUT2D eigenvalue weighted by atomic mass is 16.5. The van der Waals surface area contributed by atoms with Gasteiger partial charge in [-0.25, -0.2) is 0 Å². The summed E-state index contributed by atoms with van der Waals surface area (Å²) in [6.07, 6.45) is 0.802. The smallest absolute Gasteiger partial charge is 0.255 e. The number of ether oxygens (including phenoxy) is 1. The standard InChI is InChI=1S/C29H37N5O5/c1-32-13-8-14-34(16-15-32)29(38)24-20-26(35)30-23(19-21-9-4-3-5-10-21)28(37)33(2)17-18-39-25-12-7-6-11-22(25)27(36)31-24/h3-7,9-12,23-24H,8,13-20H2,1-2H3,(H,30,35)(H,31,36)/t23-,24+/m1/s1. The number of para-hydroxylation sites is 1. The van der Waals surface area contributed by atoms with Crippen LogP contribution < -0.4 is 15.4 Å². The molecule has 2 atom stereocenters. The van der Waals surface area contributed by atoms with Gasteiger partial charge in [-0.05, 0) is 37.7 Å². The van der Waals surface area contributed by atoms with E-state index in [0.717, 1.165) is 18.5 Å². The van der Waals surface area contributed by atoms with E-state index in [4.69, 9.17) is 4.74 Å². The fourth-order valence-corrected chi connectivity index (χ4v) is 4.86. The molecule has 208 valence electrons. The summed E-state index contributed by atoms with van der Waals surface area (Å²) in [6.45, 7) is 3.03. The molecule has 0 spiro atoms. The van der Waals surface area contributed by atoms with Crippen LogP contribution in [0.25, 0.3) is 0 Å². The van der Waals surface area contributed by atoms with Gasteiger partial charge in [0.1, 0.15) is 24.4 Å². The molecule has 0 aliphatic carbocycles. The summed E-state index contributed by atoms with van der Waals surface area (Å²) in [6, 6.07) is 14.3. The van der Waals surface area contributed by atoms with E-state index < -0.39 is 23.9 Å². The van der Waals surface area contributed by atoms with Crippen LogP contribution in [0, 0.1) is 0 Å². The molecule has 2 heterocycles. The zero-order valence-electron chi connectivity index (χ0n) is 22.6. The first-order valence-corrected chi connectivity index (χ1v) is 13.4. The second kappa shape index (κ2) is 13.2. The van der Waals surface area contributed by atoms with Crippen LogP contribution in [0.2, 0.25) is 0 Å². The molecule has 2 N–H and O–H groups in total. The number of benzene rings is 2. The molecule has 0 bridgehead atoms. The van der Waals surface area contributed by atoms with Gasteiger partial charge in [-0.2, -0.15) is 0 Å². The molecule has 4 amide bonds. The maximum Gasteiger partial charge on any atom is 0.255 e. The fourth-order valence-electron chi connectivity index (χ4n) is 4.86. The van der Waals surface area contributed by atoms with Crippen LogP contribution >= 0.6 is 0 Å². The number of carbonyl (C=O) groups excluding carboxylic acids is 4. The van der Waals surface area contributed by atoms with Gasteiger partial charge in [-0.3, -0.25) is 19.2 Å². The largest absolute Gasteiger partial charge is 0.491 e. The molecule has 2 aromatic carbocycles. The van der Waals surface area contributed by atoms with Crippen LogP contribution in [0.5, 0.6) is 5.75 Å². The summed E-state index contributed by atoms with van der Waals surface area (Å²) in [5.41, 5.74) is 1.16. The highest BCUT2D eigenvalue weighted by Gasteiger charge is 2.32. The zero-order chi connectivity index (χ0) is 27.8. The third-order valence-electron chi connectivity index (χ3n) is 7.13. The van der Waals surface area contributed by atoms with Crippen molar-refractivity contribution in [1.29, 1.82) is 0 Å². The number of nitrogens with one attached hydrogen (secondary N) is 2. The Labute approximate surface area is 229 Å². The van der Waals surface area contributed by atoms with E-state index in [1.54, 1.807) is 36.2 Å². The lowest BCUT2D eigenvalue weighted by molar-refractivity contribution is -0.137. The summed E-state index contributed by atoms with van der Waals surface area (Å²) in [7, 11) is 3.66. The molecule has 0 aromatic heterocycles. The molecule has 1 saturated heterocycles. The Kier molecular flexibility index (Phi) is 9.54. The number of likely N-dealkylation sites (N-methyl/N-ethyl adjacent to an activating group) is 2. The molecule has 2 aromatic rings. The van der Waals surface area contributed by atoms with Gasteiger partial charge in [0.15, 0.2) is 0 Å². The molecule has 4 rings (SSSR count). The Morgan fingerprint density at radius 1 is 0.897 bits per heavy atom. The second-order valence-electron chi connectivity index (χ2n) is 10.1. The molecule has 10 nitrogen and oxygen atoms in total. The molecular weight excluding hydrogens is 498 g/mol. The molecule has 0 saturated carbocycles. The average Bonchev–Trinajstić information content (AvgIpc) is 3.16. The molecule has 2 aliphatic rings. The van der Waals surface area contributed by atoms with Crippen molar-refractivity contribution < 1.29 is 23.9 Å². The monoisotopic (exact) mass is 535 g/mol. The predicted molar refractivity (Wildman–Crippen MR) is 146 cm³/mol. The normalized spacial score (nSPS) is 22.1. The lowest BCUT2D eigenvalue weighted by atomic mass is 10.0. The summed E-state index contributed by atoms with van der Waals surface area (Å²) >= 11 is 0. The van der Waals surface area contributed by atoms with Crippen LogP contribution in [-0.4, -0.2) is 104 Å². The van der Waals surface area contributed by atoms with E-state index in [2.05, 4.69) is 15.5 Å². The number of fused-ring (bicyclic) bond motifs is 1. The van der Waals surface area contributed by atoms with Crippen molar-refractivity contribution in [1.82, 2.24) is 25.3 Å². The Morgan fingerprint density at radius 2 is 1.64 bits per heavy atom. The van der Waals surface area contributed by atoms with E-state index in [-0.39, 0.29) is 37.0 Å². The minimum atomic E-state index is -1.10. The molecule has 10 heteroatoms. The van der Waals surface area contributed by atoms with E-state index in [9.17, 15) is 19.2 Å². The maximum atomic E-state index is 13.7. The third kappa shape index (κ3) is 7.57. The number of hydrogen-bond acceptors (Lipinski definition) is 6. The van der Waals surface area contributed by atoms with Gasteiger partial charge in [0.05, 0.1) is 18.5 Å². The molecule has 0 radical (unpaired) electrons. The van der Waals surface area contributed by atoms with Crippen molar-refractivity contribution in [2.45, 2.75) is 31.3 Å². The van der Waals surface area contributed by atoms with Crippen molar-refractivity contribution in [3.05, 3.63) is 65.7 Å². The zero-order valence-corrected chi connectivity index (χ0v) is 22.6. The van der Waals surface area contributed by atoms with Gasteiger partial charge in [0.25, 0.3) is 5.91 Å². The van der Waals surface area contributed by atoms with Crippen LogP contribution in [0.3, 0.4) is 0 Å². The van der Waals surface area contributed by atoms with E-state index in [0.29, 0.717) is 31.8 Å². The lowest BCUT2D eigenvalue weighted by Gasteiger charge is -2.29. The number of hydrogen-bond donors (Lipinski definition) is 2. The highest BCUT2D eigenvalue weighted by molar-refractivity contribution is 6.01. The van der Waals surface area contributed by atoms with Crippen molar-refractivity contribution >= 4 is 23.6 Å². The van der Waals surface area contributed by atoms with Crippen molar-refractivity contribution in [3.8, 4) is 5.75 Å². The highest BCUT2D eigenvalue weighted by Crippen LogP contribution is 2.19. The summed E-state index contributed by atoms with van der Waals surface area (Å²) in [5, 5.41) is 5.63. The van der Waals surface area contributed by atoms with Gasteiger partial charge in [-0.15, -0.1) is 0 Å². The first-order chi connectivity index (χ1) is 18.8. The first-order valence-electron chi connectivity index (χ1n) is 13.4. The summed E-state index contributed by atoms with van der Waals surface area (Å²) in [5.74, 6) is -1.21. The third-order valence-corrected chi connectivity index (χ3v) is 7.13. The van der Waals surface area contributed by atoms with E-state index >= 15 is 0 Å². The Morgan fingerprint density at radius 3 is 2.44 bits per heavy atom. The number of amides is 4. The van der Waals surface area contributed by atoms with Crippen LogP contribution in [-0.2, 0) is 20.8 Å². The van der Waals surface area contributed by atoms with Gasteiger partial charge in [-0.1, -0.05) is 42.5 Å². The maximum absolute atomic E-state index is 13.7. The van der Waals surface area contributed by atoms with Crippen LogP contribution in [0.1, 0.15) is 28.8 Å². The topological polar surface area (TPSA) is 111 Å². The minimum Gasteiger partial charge on any atom is -0.491 e. The molecular formula is C29H37N5O5. The fraction of sp³-hybridized carbons (Fsp3) is 0.448. The van der Waals surface area contributed by atoms with Gasteiger partial charge in [0, 0.05) is 33.1 Å². The average molecular weight is 536 g/mol. The Balaban J connectivity index is 1.63. The first kappa shape index (κ1) is 28.1. The predicted octanol–water partition coefficient (Wildman–Crippen LogP) is 0.918. The van der Waals surface area contributed by atoms with Crippen molar-refractivity contribution in [3.63, 3.8) is 0 Å². The molecule has 0 unspecified atom stereocenters.